The van der Waals surface area contributed by atoms with Gasteiger partial charge in [-0.2, -0.15) is 0 Å². The van der Waals surface area contributed by atoms with Crippen molar-refractivity contribution in [3.63, 3.8) is 0 Å². The van der Waals surface area contributed by atoms with Crippen LogP contribution in [-0.2, 0) is 4.79 Å². The van der Waals surface area contributed by atoms with Gasteiger partial charge in [0.05, 0.1) is 6.04 Å². The number of rotatable bonds is 6. The standard InChI is InChI=1S/C13H28N2O/c1-10(2)9-11(12(16)14-6)15-8-7-13(3,4)5/h10-11,15H,7-9H2,1-6H3,(H,14,16). The SMILES string of the molecule is CNC(=O)C(CC(C)C)NCCC(C)(C)C. The van der Waals surface area contributed by atoms with Gasteiger partial charge in [0.25, 0.3) is 0 Å². The molecule has 1 amide bonds. The van der Waals surface area contributed by atoms with Gasteiger partial charge in [-0.3, -0.25) is 4.79 Å². The van der Waals surface area contributed by atoms with Crippen LogP contribution in [0.15, 0.2) is 0 Å². The Kier molecular flexibility index (Phi) is 6.65. The molecule has 0 fully saturated rings. The maximum atomic E-state index is 11.6. The average molecular weight is 228 g/mol. The molecule has 3 heteroatoms. The molecule has 96 valence electrons. The fourth-order valence-electron chi connectivity index (χ4n) is 1.55. The van der Waals surface area contributed by atoms with Gasteiger partial charge in [-0.15, -0.1) is 0 Å². The number of likely N-dealkylation sites (N-methyl/N-ethyl adjacent to an activating group) is 1. The predicted octanol–water partition coefficient (Wildman–Crippen LogP) is 2.17. The van der Waals surface area contributed by atoms with Crippen molar-refractivity contribution in [2.75, 3.05) is 13.6 Å². The highest BCUT2D eigenvalue weighted by atomic mass is 16.2. The summed E-state index contributed by atoms with van der Waals surface area (Å²) in [7, 11) is 1.70. The molecular weight excluding hydrogens is 200 g/mol. The molecule has 1 unspecified atom stereocenters. The largest absolute Gasteiger partial charge is 0.358 e. The second kappa shape index (κ2) is 6.89. The van der Waals surface area contributed by atoms with E-state index >= 15 is 0 Å². The molecule has 0 aliphatic heterocycles. The fourth-order valence-corrected chi connectivity index (χ4v) is 1.55. The Balaban J connectivity index is 4.07. The molecule has 0 aromatic rings. The van der Waals surface area contributed by atoms with Crippen LogP contribution in [-0.4, -0.2) is 25.5 Å². The van der Waals surface area contributed by atoms with Gasteiger partial charge in [-0.05, 0) is 30.7 Å². The Morgan fingerprint density at radius 1 is 1.25 bits per heavy atom. The highest BCUT2D eigenvalue weighted by molar-refractivity contribution is 5.81. The maximum absolute atomic E-state index is 11.6. The van der Waals surface area contributed by atoms with Crippen molar-refractivity contribution in [2.24, 2.45) is 11.3 Å². The Morgan fingerprint density at radius 2 is 1.81 bits per heavy atom. The number of amides is 1. The van der Waals surface area contributed by atoms with Crippen LogP contribution in [0.1, 0.15) is 47.5 Å². The Hall–Kier alpha value is -0.570. The van der Waals surface area contributed by atoms with Crippen LogP contribution in [0.3, 0.4) is 0 Å². The van der Waals surface area contributed by atoms with Crippen LogP contribution in [0, 0.1) is 11.3 Å². The molecule has 0 spiro atoms. The van der Waals surface area contributed by atoms with Crippen LogP contribution in [0.2, 0.25) is 0 Å². The van der Waals surface area contributed by atoms with Gasteiger partial charge in [0.2, 0.25) is 5.91 Å². The number of carbonyl (C=O) groups is 1. The Bertz CT molecular complexity index is 206. The summed E-state index contributed by atoms with van der Waals surface area (Å²) in [5.74, 6) is 0.632. The molecule has 0 aliphatic carbocycles. The highest BCUT2D eigenvalue weighted by Crippen LogP contribution is 2.17. The summed E-state index contributed by atoms with van der Waals surface area (Å²) >= 11 is 0. The van der Waals surface area contributed by atoms with E-state index in [4.69, 9.17) is 0 Å². The van der Waals surface area contributed by atoms with E-state index in [9.17, 15) is 4.79 Å². The molecule has 0 bridgehead atoms. The minimum absolute atomic E-state index is 0.0488. The minimum Gasteiger partial charge on any atom is -0.358 e. The molecule has 0 radical (unpaired) electrons. The normalized spacial score (nSPS) is 13.9. The summed E-state index contributed by atoms with van der Waals surface area (Å²) in [6.45, 7) is 11.8. The van der Waals surface area contributed by atoms with Crippen molar-refractivity contribution in [1.29, 1.82) is 0 Å². The van der Waals surface area contributed by atoms with Crippen LogP contribution in [0.25, 0.3) is 0 Å². The van der Waals surface area contributed by atoms with E-state index < -0.39 is 0 Å². The topological polar surface area (TPSA) is 41.1 Å². The first-order chi connectivity index (χ1) is 7.26. The number of carbonyl (C=O) groups excluding carboxylic acids is 1. The van der Waals surface area contributed by atoms with Gasteiger partial charge >= 0.3 is 0 Å². The van der Waals surface area contributed by atoms with Crippen molar-refractivity contribution in [3.8, 4) is 0 Å². The smallest absolute Gasteiger partial charge is 0.236 e. The molecule has 0 aromatic carbocycles. The monoisotopic (exact) mass is 228 g/mol. The molecule has 2 N–H and O–H groups in total. The third kappa shape index (κ3) is 7.69. The molecular formula is C13H28N2O. The van der Waals surface area contributed by atoms with E-state index in [1.54, 1.807) is 7.05 Å². The zero-order valence-corrected chi connectivity index (χ0v) is 11.7. The summed E-state index contributed by atoms with van der Waals surface area (Å²) in [6.07, 6.45) is 1.97. The lowest BCUT2D eigenvalue weighted by atomic mass is 9.92. The molecule has 0 aromatic heterocycles. The lowest BCUT2D eigenvalue weighted by Crippen LogP contribution is -2.44. The van der Waals surface area contributed by atoms with Gasteiger partial charge < -0.3 is 10.6 Å². The van der Waals surface area contributed by atoms with Crippen LogP contribution >= 0.6 is 0 Å². The van der Waals surface area contributed by atoms with E-state index in [1.165, 1.54) is 0 Å². The first kappa shape index (κ1) is 15.4. The average Bonchev–Trinajstić information content (AvgIpc) is 2.12. The molecule has 0 rings (SSSR count). The van der Waals surface area contributed by atoms with E-state index in [1.807, 2.05) is 0 Å². The Morgan fingerprint density at radius 3 is 2.19 bits per heavy atom. The van der Waals surface area contributed by atoms with Gasteiger partial charge in [-0.25, -0.2) is 0 Å². The maximum Gasteiger partial charge on any atom is 0.236 e. The van der Waals surface area contributed by atoms with Crippen LogP contribution in [0.5, 0.6) is 0 Å². The summed E-state index contributed by atoms with van der Waals surface area (Å²) in [5.41, 5.74) is 0.318. The van der Waals surface area contributed by atoms with Gasteiger partial charge in [-0.1, -0.05) is 34.6 Å². The third-order valence-electron chi connectivity index (χ3n) is 2.54. The number of hydrogen-bond donors (Lipinski definition) is 2. The molecule has 0 saturated carbocycles. The molecule has 16 heavy (non-hydrogen) atoms. The lowest BCUT2D eigenvalue weighted by Gasteiger charge is -2.23. The summed E-state index contributed by atoms with van der Waals surface area (Å²) in [4.78, 5) is 11.6. The molecule has 0 heterocycles. The second-order valence-electron chi connectivity index (χ2n) is 6.06. The van der Waals surface area contributed by atoms with Crippen molar-refractivity contribution < 1.29 is 4.79 Å². The van der Waals surface area contributed by atoms with Gasteiger partial charge in [0, 0.05) is 7.05 Å². The van der Waals surface area contributed by atoms with E-state index in [0.29, 0.717) is 11.3 Å². The van der Waals surface area contributed by atoms with Crippen LogP contribution in [0.4, 0.5) is 0 Å². The van der Waals surface area contributed by atoms with E-state index in [-0.39, 0.29) is 11.9 Å². The van der Waals surface area contributed by atoms with Crippen molar-refractivity contribution in [1.82, 2.24) is 10.6 Å². The van der Waals surface area contributed by atoms with Gasteiger partial charge in [0.1, 0.15) is 0 Å². The quantitative estimate of drug-likeness (QED) is 0.731. The molecule has 1 atom stereocenters. The van der Waals surface area contributed by atoms with Crippen LogP contribution < -0.4 is 10.6 Å². The first-order valence-corrected chi connectivity index (χ1v) is 6.21. The zero-order valence-electron chi connectivity index (χ0n) is 11.7. The van der Waals surface area contributed by atoms with Crippen molar-refractivity contribution in [3.05, 3.63) is 0 Å². The summed E-state index contributed by atoms with van der Waals surface area (Å²) in [5, 5.41) is 6.06. The predicted molar refractivity (Wildman–Crippen MR) is 69.4 cm³/mol. The molecule has 0 saturated heterocycles. The number of nitrogens with one attached hydrogen (secondary N) is 2. The minimum atomic E-state index is -0.0488. The highest BCUT2D eigenvalue weighted by Gasteiger charge is 2.18. The molecule has 3 nitrogen and oxygen atoms in total. The van der Waals surface area contributed by atoms with Gasteiger partial charge in [0.15, 0.2) is 0 Å². The van der Waals surface area contributed by atoms with E-state index in [0.717, 1.165) is 19.4 Å². The number of hydrogen-bond acceptors (Lipinski definition) is 2. The molecule has 0 aliphatic rings. The summed E-state index contributed by atoms with van der Waals surface area (Å²) < 4.78 is 0. The summed E-state index contributed by atoms with van der Waals surface area (Å²) in [6, 6.07) is -0.0488. The Labute approximate surface area is 100 Å². The fraction of sp³-hybridized carbons (Fsp3) is 0.923. The van der Waals surface area contributed by atoms with Crippen molar-refractivity contribution >= 4 is 5.91 Å². The van der Waals surface area contributed by atoms with Crippen molar-refractivity contribution in [2.45, 2.75) is 53.5 Å². The second-order valence-corrected chi connectivity index (χ2v) is 6.06. The lowest BCUT2D eigenvalue weighted by molar-refractivity contribution is -0.123. The zero-order chi connectivity index (χ0) is 12.8. The first-order valence-electron chi connectivity index (χ1n) is 6.21. The third-order valence-corrected chi connectivity index (χ3v) is 2.54. The van der Waals surface area contributed by atoms with E-state index in [2.05, 4.69) is 45.3 Å².